The first-order chi connectivity index (χ1) is 17.1. The molecule has 1 aromatic carbocycles. The molecule has 35 heavy (non-hydrogen) atoms. The fourth-order valence-corrected chi connectivity index (χ4v) is 5.73. The third-order valence-corrected chi connectivity index (χ3v) is 7.63. The largest absolute Gasteiger partial charge is 0.354 e. The molecule has 1 N–H and O–H groups in total. The minimum atomic E-state index is -0.408. The molecular weight excluding hydrogens is 460 g/mol. The second-order valence-electron chi connectivity index (χ2n) is 8.75. The van der Waals surface area contributed by atoms with E-state index in [0.717, 1.165) is 47.9 Å². The fraction of sp³-hybridized carbons (Fsp3) is 0.231. The molecule has 1 fully saturated rings. The van der Waals surface area contributed by atoms with Crippen LogP contribution in [0.3, 0.4) is 0 Å². The van der Waals surface area contributed by atoms with Gasteiger partial charge in [-0.15, -0.1) is 11.3 Å². The van der Waals surface area contributed by atoms with Gasteiger partial charge >= 0.3 is 0 Å². The Morgan fingerprint density at radius 2 is 1.83 bits per heavy atom. The van der Waals surface area contributed by atoms with Gasteiger partial charge in [0, 0.05) is 32.4 Å². The van der Waals surface area contributed by atoms with Crippen molar-refractivity contribution in [3.63, 3.8) is 0 Å². The molecule has 1 amide bonds. The van der Waals surface area contributed by atoms with Crippen LogP contribution in [-0.2, 0) is 6.54 Å². The number of likely N-dealkylation sites (N-methyl/N-ethyl adjacent to an activating group) is 1. The van der Waals surface area contributed by atoms with Gasteiger partial charge in [-0.05, 0) is 43.4 Å². The molecule has 0 saturated carbocycles. The monoisotopic (exact) mass is 484 g/mol. The first kappa shape index (κ1) is 21.7. The highest BCUT2D eigenvalue weighted by molar-refractivity contribution is 7.24. The van der Waals surface area contributed by atoms with Crippen LogP contribution in [0.25, 0.3) is 26.1 Å². The van der Waals surface area contributed by atoms with Crippen LogP contribution < -0.4 is 15.6 Å². The van der Waals surface area contributed by atoms with Gasteiger partial charge in [-0.25, -0.2) is 4.98 Å². The Bertz CT molecular complexity index is 1620. The maximum Gasteiger partial charge on any atom is 0.258 e. The number of carbonyl (C=O) groups is 1. The second-order valence-corrected chi connectivity index (χ2v) is 9.78. The van der Waals surface area contributed by atoms with Gasteiger partial charge in [-0.1, -0.05) is 18.2 Å². The molecule has 1 aliphatic heterocycles. The zero-order chi connectivity index (χ0) is 23.9. The van der Waals surface area contributed by atoms with E-state index in [-0.39, 0.29) is 17.5 Å². The molecule has 0 unspecified atom stereocenters. The van der Waals surface area contributed by atoms with E-state index in [4.69, 9.17) is 4.98 Å². The standard InChI is InChI=1S/C26H24N6O2S/c1-30-12-14-31(15-13-30)21-10-9-18-23(33)22(25(34)28-16-17-6-4-5-11-27-17)26-32(24(18)29-21)19-7-2-3-8-20(19)35-26/h2-11H,12-16H2,1H3,(H,28,34). The lowest BCUT2D eigenvalue weighted by Crippen LogP contribution is -2.44. The molecule has 0 bridgehead atoms. The smallest absolute Gasteiger partial charge is 0.258 e. The summed E-state index contributed by atoms with van der Waals surface area (Å²) in [5, 5.41) is 3.32. The molecule has 5 heterocycles. The van der Waals surface area contributed by atoms with Crippen molar-refractivity contribution >= 4 is 49.1 Å². The molecule has 9 heteroatoms. The summed E-state index contributed by atoms with van der Waals surface area (Å²) in [7, 11) is 2.12. The summed E-state index contributed by atoms with van der Waals surface area (Å²) in [6.07, 6.45) is 1.68. The lowest BCUT2D eigenvalue weighted by molar-refractivity contribution is 0.0951. The van der Waals surface area contributed by atoms with Crippen molar-refractivity contribution in [2.24, 2.45) is 0 Å². The number of hydrogen-bond acceptors (Lipinski definition) is 7. The van der Waals surface area contributed by atoms with Gasteiger partial charge in [0.2, 0.25) is 5.43 Å². The molecule has 176 valence electrons. The van der Waals surface area contributed by atoms with Crippen LogP contribution >= 0.6 is 11.3 Å². The van der Waals surface area contributed by atoms with E-state index < -0.39 is 5.91 Å². The fourth-order valence-electron chi connectivity index (χ4n) is 4.55. The van der Waals surface area contributed by atoms with E-state index in [1.807, 2.05) is 59.0 Å². The molecule has 5 aromatic rings. The highest BCUT2D eigenvalue weighted by Gasteiger charge is 2.24. The molecule has 0 radical (unpaired) electrons. The van der Waals surface area contributed by atoms with Crippen LogP contribution in [0, 0.1) is 0 Å². The number of piperazine rings is 1. The van der Waals surface area contributed by atoms with E-state index in [9.17, 15) is 9.59 Å². The molecule has 4 aromatic heterocycles. The minimum absolute atomic E-state index is 0.142. The van der Waals surface area contributed by atoms with Gasteiger partial charge in [-0.3, -0.25) is 19.0 Å². The van der Waals surface area contributed by atoms with E-state index >= 15 is 0 Å². The number of carbonyl (C=O) groups excluding carboxylic acids is 1. The Morgan fingerprint density at radius 3 is 2.63 bits per heavy atom. The second kappa shape index (κ2) is 8.75. The van der Waals surface area contributed by atoms with Crippen molar-refractivity contribution in [2.45, 2.75) is 6.54 Å². The van der Waals surface area contributed by atoms with Gasteiger partial charge in [0.25, 0.3) is 5.91 Å². The van der Waals surface area contributed by atoms with Crippen molar-refractivity contribution in [1.82, 2.24) is 24.6 Å². The number of thiazole rings is 1. The van der Waals surface area contributed by atoms with Gasteiger partial charge in [0.1, 0.15) is 16.2 Å². The number of rotatable bonds is 4. The normalized spacial score (nSPS) is 14.7. The third-order valence-electron chi connectivity index (χ3n) is 6.48. The topological polar surface area (TPSA) is 82.8 Å². The zero-order valence-electron chi connectivity index (χ0n) is 19.3. The van der Waals surface area contributed by atoms with Gasteiger partial charge in [-0.2, -0.15) is 0 Å². The van der Waals surface area contributed by atoms with Crippen molar-refractivity contribution in [3.05, 3.63) is 82.3 Å². The number of hydrogen-bond donors (Lipinski definition) is 1. The Labute approximate surface area is 205 Å². The SMILES string of the molecule is CN1CCN(c2ccc3c(=O)c(C(=O)NCc4ccccn4)c4sc5ccccc5n4c3n2)CC1. The Morgan fingerprint density at radius 1 is 1.03 bits per heavy atom. The first-order valence-corrected chi connectivity index (χ1v) is 12.4. The van der Waals surface area contributed by atoms with E-state index in [1.54, 1.807) is 6.20 Å². The van der Waals surface area contributed by atoms with Gasteiger partial charge < -0.3 is 15.1 Å². The van der Waals surface area contributed by atoms with Crippen LogP contribution in [0.5, 0.6) is 0 Å². The van der Waals surface area contributed by atoms with Gasteiger partial charge in [0.15, 0.2) is 5.65 Å². The summed E-state index contributed by atoms with van der Waals surface area (Å²) in [4.78, 5) is 41.4. The summed E-state index contributed by atoms with van der Waals surface area (Å²) in [6.45, 7) is 3.93. The molecule has 8 nitrogen and oxygen atoms in total. The highest BCUT2D eigenvalue weighted by atomic mass is 32.1. The van der Waals surface area contributed by atoms with Crippen molar-refractivity contribution in [3.8, 4) is 0 Å². The van der Waals surface area contributed by atoms with Crippen molar-refractivity contribution < 1.29 is 4.79 Å². The number of nitrogens with one attached hydrogen (secondary N) is 1. The van der Waals surface area contributed by atoms with E-state index in [0.29, 0.717) is 15.9 Å². The number of amides is 1. The van der Waals surface area contributed by atoms with E-state index in [2.05, 4.69) is 27.1 Å². The molecule has 1 saturated heterocycles. The van der Waals surface area contributed by atoms with Crippen LogP contribution in [-0.4, -0.2) is 58.4 Å². The zero-order valence-corrected chi connectivity index (χ0v) is 20.1. The van der Waals surface area contributed by atoms with Crippen molar-refractivity contribution in [2.75, 3.05) is 38.1 Å². The first-order valence-electron chi connectivity index (χ1n) is 11.6. The maximum absolute atomic E-state index is 13.7. The Kier molecular flexibility index (Phi) is 5.43. The average molecular weight is 485 g/mol. The van der Waals surface area contributed by atoms with Crippen LogP contribution in [0.15, 0.2) is 65.6 Å². The highest BCUT2D eigenvalue weighted by Crippen LogP contribution is 2.31. The number of benzene rings is 1. The molecule has 0 atom stereocenters. The quantitative estimate of drug-likeness (QED) is 0.422. The molecule has 0 spiro atoms. The summed E-state index contributed by atoms with van der Waals surface area (Å²) in [6, 6.07) is 17.2. The van der Waals surface area contributed by atoms with Gasteiger partial charge in [0.05, 0.1) is 27.8 Å². The third kappa shape index (κ3) is 3.82. The molecular formula is C26H24N6O2S. The van der Waals surface area contributed by atoms with Crippen LogP contribution in [0.2, 0.25) is 0 Å². The Balaban J connectivity index is 1.52. The lowest BCUT2D eigenvalue weighted by Gasteiger charge is -2.33. The number of pyridine rings is 3. The minimum Gasteiger partial charge on any atom is -0.354 e. The number of anilines is 1. The van der Waals surface area contributed by atoms with Crippen molar-refractivity contribution in [1.29, 1.82) is 0 Å². The number of para-hydroxylation sites is 1. The molecule has 6 rings (SSSR count). The average Bonchev–Trinajstić information content (AvgIpc) is 3.27. The predicted octanol–water partition coefficient (Wildman–Crippen LogP) is 3.14. The molecule has 1 aliphatic rings. The number of nitrogens with zero attached hydrogens (tertiary/aromatic N) is 5. The molecule has 0 aliphatic carbocycles. The number of fused-ring (bicyclic) bond motifs is 5. The summed E-state index contributed by atoms with van der Waals surface area (Å²) in [5.74, 6) is 0.441. The number of aromatic nitrogens is 3. The summed E-state index contributed by atoms with van der Waals surface area (Å²) in [5.41, 5.74) is 2.08. The lowest BCUT2D eigenvalue weighted by atomic mass is 10.1. The van der Waals surface area contributed by atoms with Crippen LogP contribution in [0.1, 0.15) is 16.1 Å². The Hall–Kier alpha value is -3.82. The maximum atomic E-state index is 13.7. The van der Waals surface area contributed by atoms with E-state index in [1.165, 1.54) is 11.3 Å². The van der Waals surface area contributed by atoms with Crippen LogP contribution in [0.4, 0.5) is 5.82 Å². The summed E-state index contributed by atoms with van der Waals surface area (Å²) < 4.78 is 2.95. The predicted molar refractivity (Wildman–Crippen MR) is 139 cm³/mol. The summed E-state index contributed by atoms with van der Waals surface area (Å²) >= 11 is 1.44.